The lowest BCUT2D eigenvalue weighted by molar-refractivity contribution is 1.11. The van der Waals surface area contributed by atoms with Gasteiger partial charge in [0.2, 0.25) is 0 Å². The molecule has 3 aromatic rings. The van der Waals surface area contributed by atoms with Gasteiger partial charge in [-0.2, -0.15) is 0 Å². The zero-order valence-electron chi connectivity index (χ0n) is 9.33. The quantitative estimate of drug-likeness (QED) is 0.684. The lowest BCUT2D eigenvalue weighted by Gasteiger charge is -2.00. The molecule has 0 amide bonds. The van der Waals surface area contributed by atoms with Crippen LogP contribution in [0.15, 0.2) is 36.7 Å². The maximum Gasteiger partial charge on any atom is 0.169 e. The largest absolute Gasteiger partial charge is 0.384 e. The predicted octanol–water partition coefficient (Wildman–Crippen LogP) is 1.68. The van der Waals surface area contributed by atoms with E-state index < -0.39 is 0 Å². The minimum Gasteiger partial charge on any atom is -0.384 e. The van der Waals surface area contributed by atoms with Crippen LogP contribution in [0.4, 0.5) is 5.82 Å². The van der Waals surface area contributed by atoms with Crippen molar-refractivity contribution >= 4 is 11.5 Å². The molecule has 5 heteroatoms. The SMILES string of the molecule is Cc1ccn2c(-c3ccc(N)nc3)nnc2c1. The smallest absolute Gasteiger partial charge is 0.169 e. The number of hydrogen-bond acceptors (Lipinski definition) is 4. The molecule has 0 aliphatic rings. The molecule has 0 saturated carbocycles. The highest BCUT2D eigenvalue weighted by atomic mass is 15.2. The summed E-state index contributed by atoms with van der Waals surface area (Å²) in [5.41, 5.74) is 8.45. The fraction of sp³-hybridized carbons (Fsp3) is 0.0833. The lowest BCUT2D eigenvalue weighted by Crippen LogP contribution is -1.92. The van der Waals surface area contributed by atoms with Crippen molar-refractivity contribution in [2.75, 3.05) is 5.73 Å². The fourth-order valence-electron chi connectivity index (χ4n) is 1.73. The van der Waals surface area contributed by atoms with E-state index >= 15 is 0 Å². The number of nitrogens with zero attached hydrogens (tertiary/aromatic N) is 4. The summed E-state index contributed by atoms with van der Waals surface area (Å²) in [4.78, 5) is 4.06. The number of pyridine rings is 2. The predicted molar refractivity (Wildman–Crippen MR) is 65.4 cm³/mol. The molecule has 3 aromatic heterocycles. The second-order valence-electron chi connectivity index (χ2n) is 3.93. The van der Waals surface area contributed by atoms with Crippen LogP contribution >= 0.6 is 0 Å². The van der Waals surface area contributed by atoms with Crippen LogP contribution in [0.5, 0.6) is 0 Å². The molecule has 0 saturated heterocycles. The Balaban J connectivity index is 2.21. The van der Waals surface area contributed by atoms with Gasteiger partial charge in [-0.1, -0.05) is 0 Å². The van der Waals surface area contributed by atoms with E-state index in [1.54, 1.807) is 12.3 Å². The lowest BCUT2D eigenvalue weighted by atomic mass is 10.2. The molecular weight excluding hydrogens is 214 g/mol. The number of aromatic nitrogens is 4. The molecule has 0 aliphatic heterocycles. The van der Waals surface area contributed by atoms with Gasteiger partial charge in [-0.3, -0.25) is 4.40 Å². The maximum atomic E-state index is 5.56. The van der Waals surface area contributed by atoms with E-state index in [1.165, 1.54) is 0 Å². The normalized spacial score (nSPS) is 10.9. The molecule has 2 N–H and O–H groups in total. The van der Waals surface area contributed by atoms with Crippen molar-refractivity contribution in [2.45, 2.75) is 6.92 Å². The minimum atomic E-state index is 0.499. The first-order valence-electron chi connectivity index (χ1n) is 5.27. The van der Waals surface area contributed by atoms with E-state index in [1.807, 2.05) is 35.7 Å². The van der Waals surface area contributed by atoms with Gasteiger partial charge in [-0.05, 0) is 36.8 Å². The van der Waals surface area contributed by atoms with E-state index in [-0.39, 0.29) is 0 Å². The number of fused-ring (bicyclic) bond motifs is 1. The molecule has 0 atom stereocenters. The summed E-state index contributed by atoms with van der Waals surface area (Å²) >= 11 is 0. The number of rotatable bonds is 1. The van der Waals surface area contributed by atoms with Crippen molar-refractivity contribution in [3.05, 3.63) is 42.2 Å². The highest BCUT2D eigenvalue weighted by molar-refractivity contribution is 5.59. The van der Waals surface area contributed by atoms with Crippen molar-refractivity contribution in [1.29, 1.82) is 0 Å². The molecule has 5 nitrogen and oxygen atoms in total. The van der Waals surface area contributed by atoms with Gasteiger partial charge in [0.05, 0.1) is 0 Å². The molecule has 0 radical (unpaired) electrons. The molecule has 17 heavy (non-hydrogen) atoms. The Morgan fingerprint density at radius 3 is 2.82 bits per heavy atom. The van der Waals surface area contributed by atoms with E-state index in [0.29, 0.717) is 5.82 Å². The minimum absolute atomic E-state index is 0.499. The first-order valence-corrected chi connectivity index (χ1v) is 5.27. The highest BCUT2D eigenvalue weighted by Crippen LogP contribution is 2.18. The van der Waals surface area contributed by atoms with Crippen molar-refractivity contribution in [2.24, 2.45) is 0 Å². The molecule has 0 spiro atoms. The Morgan fingerprint density at radius 2 is 2.06 bits per heavy atom. The number of nitrogens with two attached hydrogens (primary N) is 1. The van der Waals surface area contributed by atoms with Gasteiger partial charge in [-0.15, -0.1) is 10.2 Å². The third kappa shape index (κ3) is 1.61. The van der Waals surface area contributed by atoms with E-state index in [2.05, 4.69) is 15.2 Å². The number of nitrogen functional groups attached to an aromatic ring is 1. The molecule has 0 bridgehead atoms. The van der Waals surface area contributed by atoms with Crippen LogP contribution in [0, 0.1) is 6.92 Å². The average molecular weight is 225 g/mol. The molecule has 3 rings (SSSR count). The Bertz CT molecular complexity index is 669. The van der Waals surface area contributed by atoms with Crippen molar-refractivity contribution < 1.29 is 0 Å². The summed E-state index contributed by atoms with van der Waals surface area (Å²) < 4.78 is 1.93. The average Bonchev–Trinajstić information content (AvgIpc) is 2.73. The highest BCUT2D eigenvalue weighted by Gasteiger charge is 2.07. The topological polar surface area (TPSA) is 69.1 Å². The summed E-state index contributed by atoms with van der Waals surface area (Å²) in [5.74, 6) is 1.27. The second-order valence-corrected chi connectivity index (χ2v) is 3.93. The van der Waals surface area contributed by atoms with Crippen LogP contribution in [-0.2, 0) is 0 Å². The summed E-state index contributed by atoms with van der Waals surface area (Å²) in [6.07, 6.45) is 3.65. The van der Waals surface area contributed by atoms with Gasteiger partial charge in [-0.25, -0.2) is 4.98 Å². The third-order valence-corrected chi connectivity index (χ3v) is 2.61. The van der Waals surface area contributed by atoms with Gasteiger partial charge in [0.25, 0.3) is 0 Å². The molecule has 0 aromatic carbocycles. The second kappa shape index (κ2) is 3.55. The first-order chi connectivity index (χ1) is 8.24. The zero-order valence-corrected chi connectivity index (χ0v) is 9.33. The number of anilines is 1. The standard InChI is InChI=1S/C12H11N5/c1-8-4-5-17-11(6-8)15-16-12(17)9-2-3-10(13)14-7-9/h2-7H,1H3,(H2,13,14). The Morgan fingerprint density at radius 1 is 1.18 bits per heavy atom. The van der Waals surface area contributed by atoms with Gasteiger partial charge in [0, 0.05) is 18.0 Å². The fourth-order valence-corrected chi connectivity index (χ4v) is 1.73. The van der Waals surface area contributed by atoms with E-state index in [4.69, 9.17) is 5.73 Å². The monoisotopic (exact) mass is 225 g/mol. The maximum absolute atomic E-state index is 5.56. The summed E-state index contributed by atoms with van der Waals surface area (Å²) in [6.45, 7) is 2.03. The molecule has 3 heterocycles. The van der Waals surface area contributed by atoms with Crippen molar-refractivity contribution in [3.63, 3.8) is 0 Å². The Hall–Kier alpha value is -2.43. The van der Waals surface area contributed by atoms with Crippen LogP contribution in [0.25, 0.3) is 17.0 Å². The number of hydrogen-bond donors (Lipinski definition) is 1. The number of aryl methyl sites for hydroxylation is 1. The third-order valence-electron chi connectivity index (χ3n) is 2.61. The molecule has 0 fully saturated rings. The molecule has 84 valence electrons. The van der Waals surface area contributed by atoms with Crippen molar-refractivity contribution in [3.8, 4) is 11.4 Å². The van der Waals surface area contributed by atoms with E-state index in [9.17, 15) is 0 Å². The first kappa shape index (κ1) is 9.77. The van der Waals surface area contributed by atoms with Gasteiger partial charge < -0.3 is 5.73 Å². The van der Waals surface area contributed by atoms with Crippen LogP contribution in [0.2, 0.25) is 0 Å². The summed E-state index contributed by atoms with van der Waals surface area (Å²) in [7, 11) is 0. The van der Waals surface area contributed by atoms with Crippen LogP contribution in [0.3, 0.4) is 0 Å². The van der Waals surface area contributed by atoms with Gasteiger partial charge in [0.1, 0.15) is 5.82 Å². The van der Waals surface area contributed by atoms with Gasteiger partial charge >= 0.3 is 0 Å². The summed E-state index contributed by atoms with van der Waals surface area (Å²) in [6, 6.07) is 7.65. The summed E-state index contributed by atoms with van der Waals surface area (Å²) in [5, 5.41) is 8.30. The molecular formula is C12H11N5. The Kier molecular flexibility index (Phi) is 2.04. The molecule has 0 unspecified atom stereocenters. The van der Waals surface area contributed by atoms with Crippen LogP contribution in [0.1, 0.15) is 5.56 Å². The van der Waals surface area contributed by atoms with Crippen LogP contribution < -0.4 is 5.73 Å². The van der Waals surface area contributed by atoms with E-state index in [0.717, 1.165) is 22.6 Å². The van der Waals surface area contributed by atoms with Gasteiger partial charge in [0.15, 0.2) is 11.5 Å². The van der Waals surface area contributed by atoms with Crippen LogP contribution in [-0.4, -0.2) is 19.6 Å². The Labute approximate surface area is 97.9 Å². The molecule has 0 aliphatic carbocycles. The van der Waals surface area contributed by atoms with Crippen molar-refractivity contribution in [1.82, 2.24) is 19.6 Å². The zero-order chi connectivity index (χ0) is 11.8.